The Bertz CT molecular complexity index is 553. The zero-order valence-electron chi connectivity index (χ0n) is 13.1. The number of likely N-dealkylation sites (tertiary alicyclic amines) is 1. The first-order chi connectivity index (χ1) is 11.3. The van der Waals surface area contributed by atoms with Crippen LogP contribution >= 0.6 is 0 Å². The fraction of sp³-hybridized carbons (Fsp3) is 0.647. The monoisotopic (exact) mass is 318 g/mol. The molecule has 3 aliphatic heterocycles. The topological polar surface area (TPSA) is 60.9 Å². The fourth-order valence-electron chi connectivity index (χ4n) is 3.74. The van der Waals surface area contributed by atoms with E-state index in [-0.39, 0.29) is 17.4 Å². The summed E-state index contributed by atoms with van der Waals surface area (Å²) in [5.74, 6) is 1.37. The van der Waals surface area contributed by atoms with Crippen LogP contribution in [0.1, 0.15) is 12.8 Å². The third-order valence-corrected chi connectivity index (χ3v) is 5.19. The van der Waals surface area contributed by atoms with Gasteiger partial charge in [-0.15, -0.1) is 0 Å². The Morgan fingerprint density at radius 1 is 1.39 bits per heavy atom. The van der Waals surface area contributed by atoms with Crippen LogP contribution in [0.4, 0.5) is 0 Å². The third kappa shape index (κ3) is 2.81. The quantitative estimate of drug-likeness (QED) is 0.832. The number of carbonyl (C=O) groups excluding carboxylic acids is 1. The molecule has 0 bridgehead atoms. The molecule has 0 N–H and O–H groups in total. The van der Waals surface area contributed by atoms with Crippen molar-refractivity contribution < 1.29 is 19.0 Å². The van der Waals surface area contributed by atoms with E-state index in [1.807, 2.05) is 17.0 Å². The van der Waals surface area contributed by atoms with Crippen LogP contribution in [0.2, 0.25) is 0 Å². The highest BCUT2D eigenvalue weighted by Gasteiger charge is 2.55. The second-order valence-corrected chi connectivity index (χ2v) is 6.65. The van der Waals surface area contributed by atoms with Gasteiger partial charge in [0.1, 0.15) is 11.4 Å². The van der Waals surface area contributed by atoms with Gasteiger partial charge in [-0.2, -0.15) is 0 Å². The lowest BCUT2D eigenvalue weighted by Crippen LogP contribution is -2.67. The molecule has 1 amide bonds. The summed E-state index contributed by atoms with van der Waals surface area (Å²) >= 11 is 0. The predicted molar refractivity (Wildman–Crippen MR) is 82.0 cm³/mol. The number of rotatable bonds is 4. The molecule has 0 saturated carbocycles. The van der Waals surface area contributed by atoms with E-state index in [1.54, 1.807) is 12.4 Å². The molecule has 0 aliphatic carbocycles. The van der Waals surface area contributed by atoms with Crippen molar-refractivity contribution >= 4 is 5.91 Å². The third-order valence-electron chi connectivity index (χ3n) is 5.19. The Hall–Kier alpha value is -1.66. The molecule has 0 aromatic carbocycles. The van der Waals surface area contributed by atoms with Crippen molar-refractivity contribution in [3.63, 3.8) is 0 Å². The van der Waals surface area contributed by atoms with E-state index in [0.29, 0.717) is 38.8 Å². The van der Waals surface area contributed by atoms with Crippen LogP contribution in [0.25, 0.3) is 0 Å². The molecule has 124 valence electrons. The largest absolute Gasteiger partial charge is 0.492 e. The molecule has 1 aromatic rings. The van der Waals surface area contributed by atoms with Crippen LogP contribution in [-0.2, 0) is 14.3 Å². The SMILES string of the molecule is O=C([C@@H]1CCOC1)N1CC2(C1)OCC[C@@H]2COc1cccnc1. The van der Waals surface area contributed by atoms with Crippen molar-refractivity contribution in [1.82, 2.24) is 9.88 Å². The van der Waals surface area contributed by atoms with Gasteiger partial charge in [0.05, 0.1) is 38.4 Å². The summed E-state index contributed by atoms with van der Waals surface area (Å²) in [4.78, 5) is 18.4. The van der Waals surface area contributed by atoms with Crippen LogP contribution in [0.5, 0.6) is 5.75 Å². The summed E-state index contributed by atoms with van der Waals surface area (Å²) in [5.41, 5.74) is -0.211. The average Bonchev–Trinajstić information content (AvgIpc) is 3.21. The van der Waals surface area contributed by atoms with Gasteiger partial charge in [0.25, 0.3) is 0 Å². The Kier molecular flexibility index (Phi) is 3.95. The predicted octanol–water partition coefficient (Wildman–Crippen LogP) is 1.11. The van der Waals surface area contributed by atoms with Crippen LogP contribution in [0.3, 0.4) is 0 Å². The van der Waals surface area contributed by atoms with Crippen LogP contribution in [0, 0.1) is 11.8 Å². The molecule has 3 saturated heterocycles. The van der Waals surface area contributed by atoms with E-state index in [9.17, 15) is 4.79 Å². The summed E-state index contributed by atoms with van der Waals surface area (Å²) < 4.78 is 17.2. The maximum Gasteiger partial charge on any atom is 0.228 e. The highest BCUT2D eigenvalue weighted by Crippen LogP contribution is 2.41. The maximum atomic E-state index is 12.4. The summed E-state index contributed by atoms with van der Waals surface area (Å²) in [6.07, 6.45) is 5.28. The average molecular weight is 318 g/mol. The Labute approximate surface area is 135 Å². The summed E-state index contributed by atoms with van der Waals surface area (Å²) in [7, 11) is 0. The Morgan fingerprint density at radius 3 is 3.04 bits per heavy atom. The Morgan fingerprint density at radius 2 is 2.30 bits per heavy atom. The van der Waals surface area contributed by atoms with Crippen molar-refractivity contribution in [2.24, 2.45) is 11.8 Å². The minimum absolute atomic E-state index is 0.0406. The van der Waals surface area contributed by atoms with E-state index in [1.165, 1.54) is 0 Å². The molecule has 4 rings (SSSR count). The smallest absolute Gasteiger partial charge is 0.228 e. The number of hydrogen-bond acceptors (Lipinski definition) is 5. The number of nitrogens with zero attached hydrogens (tertiary/aromatic N) is 2. The molecular formula is C17H22N2O4. The van der Waals surface area contributed by atoms with Gasteiger partial charge in [-0.05, 0) is 25.0 Å². The molecule has 6 nitrogen and oxygen atoms in total. The van der Waals surface area contributed by atoms with Crippen molar-refractivity contribution in [3.05, 3.63) is 24.5 Å². The minimum Gasteiger partial charge on any atom is -0.492 e. The van der Waals surface area contributed by atoms with Gasteiger partial charge >= 0.3 is 0 Å². The van der Waals surface area contributed by atoms with Gasteiger partial charge in [0.15, 0.2) is 0 Å². The molecule has 3 fully saturated rings. The van der Waals surface area contributed by atoms with Crippen molar-refractivity contribution in [1.29, 1.82) is 0 Å². The van der Waals surface area contributed by atoms with E-state index in [4.69, 9.17) is 14.2 Å². The highest BCUT2D eigenvalue weighted by atomic mass is 16.5. The standard InChI is InChI=1S/C17H22N2O4/c20-16(13-3-6-21-9-13)19-11-17(12-19)14(4-7-23-17)10-22-15-2-1-5-18-8-15/h1-2,5,8,13-14H,3-4,6-7,9-12H2/t13-,14-/m1/s1. The molecule has 0 radical (unpaired) electrons. The first-order valence-electron chi connectivity index (χ1n) is 8.30. The van der Waals surface area contributed by atoms with E-state index >= 15 is 0 Å². The molecule has 0 unspecified atom stereocenters. The molecular weight excluding hydrogens is 296 g/mol. The van der Waals surface area contributed by atoms with Gasteiger partial charge < -0.3 is 19.1 Å². The van der Waals surface area contributed by atoms with Crippen LogP contribution in [0.15, 0.2) is 24.5 Å². The molecule has 3 aliphatic rings. The summed E-state index contributed by atoms with van der Waals surface area (Å²) in [6, 6.07) is 3.77. The zero-order chi connectivity index (χ0) is 15.7. The molecule has 1 aromatic heterocycles. The fourth-order valence-corrected chi connectivity index (χ4v) is 3.74. The van der Waals surface area contributed by atoms with Gasteiger partial charge in [-0.3, -0.25) is 9.78 Å². The highest BCUT2D eigenvalue weighted by molar-refractivity contribution is 5.80. The number of hydrogen-bond donors (Lipinski definition) is 0. The second kappa shape index (κ2) is 6.09. The number of carbonyl (C=O) groups is 1. The molecule has 4 heterocycles. The van der Waals surface area contributed by atoms with E-state index < -0.39 is 0 Å². The van der Waals surface area contributed by atoms with Crippen LogP contribution < -0.4 is 4.74 Å². The van der Waals surface area contributed by atoms with Gasteiger partial charge in [0, 0.05) is 25.3 Å². The number of pyridine rings is 1. The second-order valence-electron chi connectivity index (χ2n) is 6.65. The number of ether oxygens (including phenoxy) is 3. The number of aromatic nitrogens is 1. The molecule has 2 atom stereocenters. The van der Waals surface area contributed by atoms with Gasteiger partial charge in [-0.1, -0.05) is 0 Å². The van der Waals surface area contributed by atoms with E-state index in [0.717, 1.165) is 25.2 Å². The van der Waals surface area contributed by atoms with Crippen LogP contribution in [-0.4, -0.2) is 60.9 Å². The number of amides is 1. The van der Waals surface area contributed by atoms with Crippen molar-refractivity contribution in [2.45, 2.75) is 18.4 Å². The molecule has 23 heavy (non-hydrogen) atoms. The van der Waals surface area contributed by atoms with Gasteiger partial charge in [-0.25, -0.2) is 0 Å². The summed E-state index contributed by atoms with van der Waals surface area (Å²) in [5, 5.41) is 0. The van der Waals surface area contributed by atoms with Crippen molar-refractivity contribution in [2.75, 3.05) is 39.5 Å². The van der Waals surface area contributed by atoms with E-state index in [2.05, 4.69) is 4.98 Å². The lowest BCUT2D eigenvalue weighted by atomic mass is 9.80. The van der Waals surface area contributed by atoms with Crippen molar-refractivity contribution in [3.8, 4) is 5.75 Å². The zero-order valence-corrected chi connectivity index (χ0v) is 13.1. The summed E-state index contributed by atoms with van der Waals surface area (Å²) in [6.45, 7) is 3.99. The molecule has 1 spiro atoms. The molecule has 6 heteroatoms. The maximum absolute atomic E-state index is 12.4. The van der Waals surface area contributed by atoms with Gasteiger partial charge in [0.2, 0.25) is 5.91 Å². The lowest BCUT2D eigenvalue weighted by molar-refractivity contribution is -0.170. The first-order valence-corrected chi connectivity index (χ1v) is 8.30. The normalized spacial score (nSPS) is 28.8. The Balaban J connectivity index is 1.33. The first kappa shape index (κ1) is 14.9. The lowest BCUT2D eigenvalue weighted by Gasteiger charge is -2.50. The minimum atomic E-state index is -0.211.